The minimum absolute atomic E-state index is 0.0942. The first-order chi connectivity index (χ1) is 10.2. The Morgan fingerprint density at radius 2 is 1.73 bits per heavy atom. The molecule has 2 rings (SSSR count). The molecule has 0 unspecified atom stereocenters. The Hall–Kier alpha value is -1.72. The van der Waals surface area contributed by atoms with E-state index in [0.29, 0.717) is 4.90 Å². The Morgan fingerprint density at radius 1 is 1.09 bits per heavy atom. The van der Waals surface area contributed by atoms with E-state index in [9.17, 15) is 8.42 Å². The standard InChI is InChI=1S/C17H22N2O2S/c1-13-5-6-15(17(2,3)4)11-16(13)22(20,21)19-12-14-7-9-18-10-8-14/h5-11,19H,12H2,1-4H3. The van der Waals surface area contributed by atoms with Crippen molar-refractivity contribution in [3.05, 3.63) is 59.4 Å². The molecule has 5 heteroatoms. The van der Waals surface area contributed by atoms with Crippen molar-refractivity contribution in [1.29, 1.82) is 0 Å². The SMILES string of the molecule is Cc1ccc(C(C)(C)C)cc1S(=O)(=O)NCc1ccncc1. The third-order valence-electron chi connectivity index (χ3n) is 3.56. The van der Waals surface area contributed by atoms with E-state index in [4.69, 9.17) is 0 Å². The van der Waals surface area contributed by atoms with E-state index in [1.807, 2.05) is 19.1 Å². The minimum atomic E-state index is -3.54. The molecule has 0 bridgehead atoms. The summed E-state index contributed by atoms with van der Waals surface area (Å²) in [5.41, 5.74) is 2.53. The van der Waals surface area contributed by atoms with Crippen LogP contribution in [0.15, 0.2) is 47.6 Å². The molecule has 0 aliphatic carbocycles. The topological polar surface area (TPSA) is 59.1 Å². The zero-order valence-electron chi connectivity index (χ0n) is 13.4. The predicted octanol–water partition coefficient (Wildman–Crippen LogP) is 3.17. The van der Waals surface area contributed by atoms with E-state index in [0.717, 1.165) is 16.7 Å². The number of aromatic nitrogens is 1. The highest BCUT2D eigenvalue weighted by molar-refractivity contribution is 7.89. The molecule has 0 spiro atoms. The van der Waals surface area contributed by atoms with Gasteiger partial charge in [0.15, 0.2) is 0 Å². The number of sulfonamides is 1. The van der Waals surface area contributed by atoms with Crippen LogP contribution in [0.5, 0.6) is 0 Å². The number of nitrogens with zero attached hydrogens (tertiary/aromatic N) is 1. The summed E-state index contributed by atoms with van der Waals surface area (Å²) < 4.78 is 27.8. The fourth-order valence-corrected chi connectivity index (χ4v) is 3.40. The van der Waals surface area contributed by atoms with Gasteiger partial charge in [-0.2, -0.15) is 0 Å². The van der Waals surface area contributed by atoms with Crippen LogP contribution < -0.4 is 4.72 Å². The van der Waals surface area contributed by atoms with Crippen LogP contribution in [0, 0.1) is 6.92 Å². The van der Waals surface area contributed by atoms with Gasteiger partial charge in [0.1, 0.15) is 0 Å². The highest BCUT2D eigenvalue weighted by Crippen LogP contribution is 2.26. The molecule has 1 heterocycles. The van der Waals surface area contributed by atoms with Crippen molar-refractivity contribution in [2.45, 2.75) is 44.6 Å². The number of hydrogen-bond acceptors (Lipinski definition) is 3. The third kappa shape index (κ3) is 3.93. The Morgan fingerprint density at radius 3 is 2.32 bits per heavy atom. The number of nitrogens with one attached hydrogen (secondary N) is 1. The summed E-state index contributed by atoms with van der Waals surface area (Å²) in [6, 6.07) is 9.20. The van der Waals surface area contributed by atoms with E-state index in [1.165, 1.54) is 0 Å². The molecule has 0 saturated carbocycles. The van der Waals surface area contributed by atoms with Gasteiger partial charge >= 0.3 is 0 Å². The summed E-state index contributed by atoms with van der Waals surface area (Å²) in [6.45, 7) is 8.27. The van der Waals surface area contributed by atoms with Crippen molar-refractivity contribution in [3.8, 4) is 0 Å². The van der Waals surface area contributed by atoms with Crippen LogP contribution >= 0.6 is 0 Å². The van der Waals surface area contributed by atoms with Gasteiger partial charge in [-0.3, -0.25) is 4.98 Å². The van der Waals surface area contributed by atoms with Crippen molar-refractivity contribution in [1.82, 2.24) is 9.71 Å². The predicted molar refractivity (Wildman–Crippen MR) is 88.1 cm³/mol. The largest absolute Gasteiger partial charge is 0.265 e. The average molecular weight is 318 g/mol. The normalized spacial score (nSPS) is 12.4. The highest BCUT2D eigenvalue weighted by atomic mass is 32.2. The van der Waals surface area contributed by atoms with Crippen molar-refractivity contribution >= 4 is 10.0 Å². The second kappa shape index (κ2) is 6.18. The van der Waals surface area contributed by atoms with Crippen LogP contribution in [0.3, 0.4) is 0 Å². The molecule has 0 aliphatic rings. The summed E-state index contributed by atoms with van der Waals surface area (Å²) in [5, 5.41) is 0. The van der Waals surface area contributed by atoms with Gasteiger partial charge < -0.3 is 0 Å². The van der Waals surface area contributed by atoms with Gasteiger partial charge in [-0.1, -0.05) is 32.9 Å². The quantitative estimate of drug-likeness (QED) is 0.942. The minimum Gasteiger partial charge on any atom is -0.265 e. The Kier molecular flexibility index (Phi) is 4.68. The molecule has 4 nitrogen and oxygen atoms in total. The van der Waals surface area contributed by atoms with E-state index in [1.54, 1.807) is 30.6 Å². The Labute approximate surface area is 132 Å². The average Bonchev–Trinajstić information content (AvgIpc) is 2.45. The van der Waals surface area contributed by atoms with Crippen molar-refractivity contribution in [3.63, 3.8) is 0 Å². The molecular formula is C17H22N2O2S. The summed E-state index contributed by atoms with van der Waals surface area (Å²) >= 11 is 0. The zero-order chi connectivity index (χ0) is 16.4. The molecule has 0 amide bonds. The second-order valence-corrected chi connectivity index (χ2v) is 8.15. The lowest BCUT2D eigenvalue weighted by atomic mass is 9.87. The number of pyridine rings is 1. The van der Waals surface area contributed by atoms with E-state index in [-0.39, 0.29) is 12.0 Å². The molecule has 1 aromatic carbocycles. The maximum Gasteiger partial charge on any atom is 0.241 e. The van der Waals surface area contributed by atoms with Crippen LogP contribution in [-0.2, 0) is 22.0 Å². The molecule has 0 radical (unpaired) electrons. The fourth-order valence-electron chi connectivity index (χ4n) is 2.11. The smallest absolute Gasteiger partial charge is 0.241 e. The van der Waals surface area contributed by atoms with Crippen molar-refractivity contribution < 1.29 is 8.42 Å². The van der Waals surface area contributed by atoms with E-state index in [2.05, 4.69) is 30.5 Å². The van der Waals surface area contributed by atoms with Crippen LogP contribution in [0.25, 0.3) is 0 Å². The van der Waals surface area contributed by atoms with Gasteiger partial charge in [-0.05, 0) is 47.2 Å². The zero-order valence-corrected chi connectivity index (χ0v) is 14.2. The van der Waals surface area contributed by atoms with Gasteiger partial charge in [0, 0.05) is 18.9 Å². The number of rotatable bonds is 4. The first-order valence-electron chi connectivity index (χ1n) is 7.20. The summed E-state index contributed by atoms with van der Waals surface area (Å²) in [6.07, 6.45) is 3.30. The lowest BCUT2D eigenvalue weighted by Gasteiger charge is -2.21. The van der Waals surface area contributed by atoms with Crippen LogP contribution in [0.2, 0.25) is 0 Å². The van der Waals surface area contributed by atoms with Crippen LogP contribution in [-0.4, -0.2) is 13.4 Å². The highest BCUT2D eigenvalue weighted by Gasteiger charge is 2.21. The van der Waals surface area contributed by atoms with Gasteiger partial charge in [-0.25, -0.2) is 13.1 Å². The monoisotopic (exact) mass is 318 g/mol. The van der Waals surface area contributed by atoms with Crippen LogP contribution in [0.4, 0.5) is 0 Å². The molecule has 22 heavy (non-hydrogen) atoms. The number of aryl methyl sites for hydroxylation is 1. The van der Waals surface area contributed by atoms with Crippen LogP contribution in [0.1, 0.15) is 37.5 Å². The maximum absolute atomic E-state index is 12.6. The molecular weight excluding hydrogens is 296 g/mol. The summed E-state index contributed by atoms with van der Waals surface area (Å²) in [7, 11) is -3.54. The van der Waals surface area contributed by atoms with Gasteiger partial charge in [-0.15, -0.1) is 0 Å². The molecule has 0 fully saturated rings. The van der Waals surface area contributed by atoms with E-state index < -0.39 is 10.0 Å². The lowest BCUT2D eigenvalue weighted by Crippen LogP contribution is -2.24. The molecule has 0 atom stereocenters. The Bertz CT molecular complexity index is 748. The summed E-state index contributed by atoms with van der Waals surface area (Å²) in [5.74, 6) is 0. The van der Waals surface area contributed by atoms with E-state index >= 15 is 0 Å². The molecule has 2 aromatic rings. The molecule has 0 saturated heterocycles. The van der Waals surface area contributed by atoms with Gasteiger partial charge in [0.2, 0.25) is 10.0 Å². The number of benzene rings is 1. The van der Waals surface area contributed by atoms with Gasteiger partial charge in [0.25, 0.3) is 0 Å². The first kappa shape index (κ1) is 16.6. The third-order valence-corrected chi connectivity index (χ3v) is 5.10. The van der Waals surface area contributed by atoms with Gasteiger partial charge in [0.05, 0.1) is 4.90 Å². The van der Waals surface area contributed by atoms with Crippen molar-refractivity contribution in [2.75, 3.05) is 0 Å². The Balaban J connectivity index is 2.29. The summed E-state index contributed by atoms with van der Waals surface area (Å²) in [4.78, 5) is 4.27. The molecule has 1 aromatic heterocycles. The molecule has 1 N–H and O–H groups in total. The maximum atomic E-state index is 12.6. The second-order valence-electron chi connectivity index (χ2n) is 6.41. The number of hydrogen-bond donors (Lipinski definition) is 1. The lowest BCUT2D eigenvalue weighted by molar-refractivity contribution is 0.575. The molecule has 118 valence electrons. The molecule has 0 aliphatic heterocycles. The first-order valence-corrected chi connectivity index (χ1v) is 8.68. The van der Waals surface area contributed by atoms with Crippen molar-refractivity contribution in [2.24, 2.45) is 0 Å². The fraction of sp³-hybridized carbons (Fsp3) is 0.353.